The molecule has 1 aromatic heterocycles. The van der Waals surface area contributed by atoms with Crippen LogP contribution in [0.3, 0.4) is 0 Å². The van der Waals surface area contributed by atoms with Gasteiger partial charge in [-0.3, -0.25) is 0 Å². The normalized spacial score (nSPS) is 12.5. The molecule has 0 aliphatic heterocycles. The van der Waals surface area contributed by atoms with Gasteiger partial charge >= 0.3 is 12.4 Å². The summed E-state index contributed by atoms with van der Waals surface area (Å²) in [4.78, 5) is 7.49. The minimum atomic E-state index is -4.84. The first-order valence-corrected chi connectivity index (χ1v) is 12.1. The Morgan fingerprint density at radius 2 is 1.39 bits per heavy atom. The van der Waals surface area contributed by atoms with Crippen LogP contribution in [0.1, 0.15) is 16.7 Å². The number of benzene rings is 2. The third-order valence-corrected chi connectivity index (χ3v) is 6.19. The number of aromatic nitrogens is 2. The molecule has 5 nitrogen and oxygen atoms in total. The topological polar surface area (TPSA) is 66.9 Å². The molecule has 0 amide bonds. The molecule has 1 heterocycles. The third kappa shape index (κ3) is 6.04. The summed E-state index contributed by atoms with van der Waals surface area (Å²) >= 11 is 0. The lowest BCUT2D eigenvalue weighted by Crippen LogP contribution is -2.13. The first-order chi connectivity index (χ1) is 15.1. The standard InChI is InChI=1S/C21H19F6N4OP/c1-12-4-5-14(10-16(12)20(22,23)24)29-18-17(21(25,26)27)11-28-19(31-18)30-13-6-8-15(9-7-13)33(2,3)32/h4-11H,1-3H3,(H2,28,29,30,31). The summed E-state index contributed by atoms with van der Waals surface area (Å²) in [6.45, 7) is 4.45. The molecule has 3 rings (SSSR count). The van der Waals surface area contributed by atoms with Crippen molar-refractivity contribution in [1.29, 1.82) is 0 Å². The van der Waals surface area contributed by atoms with Crippen LogP contribution in [0.25, 0.3) is 0 Å². The minimum absolute atomic E-state index is 0.0682. The summed E-state index contributed by atoms with van der Waals surface area (Å²) in [5.41, 5.74) is -2.07. The number of halogens is 6. The van der Waals surface area contributed by atoms with Crippen LogP contribution in [-0.4, -0.2) is 23.3 Å². The molecule has 0 radical (unpaired) electrons. The maximum atomic E-state index is 13.5. The average molecular weight is 488 g/mol. The van der Waals surface area contributed by atoms with Gasteiger partial charge in [0, 0.05) is 22.9 Å². The number of nitrogens with one attached hydrogen (secondary N) is 2. The van der Waals surface area contributed by atoms with E-state index in [4.69, 9.17) is 0 Å². The van der Waals surface area contributed by atoms with E-state index < -0.39 is 36.4 Å². The third-order valence-electron chi connectivity index (χ3n) is 4.65. The molecule has 0 aliphatic carbocycles. The molecule has 2 aromatic carbocycles. The van der Waals surface area contributed by atoms with E-state index in [2.05, 4.69) is 20.6 Å². The van der Waals surface area contributed by atoms with Gasteiger partial charge in [0.1, 0.15) is 18.5 Å². The Kier molecular flexibility index (Phi) is 6.48. The van der Waals surface area contributed by atoms with Crippen molar-refractivity contribution < 1.29 is 30.9 Å². The number of alkyl halides is 6. The van der Waals surface area contributed by atoms with Crippen molar-refractivity contribution in [2.45, 2.75) is 19.3 Å². The molecular formula is C21H19F6N4OP. The first kappa shape index (κ1) is 24.6. The predicted octanol–water partition coefficient (Wildman–Crippen LogP) is 6.56. The molecule has 3 aromatic rings. The van der Waals surface area contributed by atoms with Crippen molar-refractivity contribution in [2.24, 2.45) is 0 Å². The minimum Gasteiger partial charge on any atom is -0.340 e. The van der Waals surface area contributed by atoms with Crippen molar-refractivity contribution >= 4 is 35.6 Å². The van der Waals surface area contributed by atoms with Gasteiger partial charge in [0.15, 0.2) is 0 Å². The summed E-state index contributed by atoms with van der Waals surface area (Å²) in [6, 6.07) is 9.45. The van der Waals surface area contributed by atoms with E-state index in [0.717, 1.165) is 12.1 Å². The highest BCUT2D eigenvalue weighted by atomic mass is 31.2. The second kappa shape index (κ2) is 8.70. The Bertz CT molecular complexity index is 1200. The van der Waals surface area contributed by atoms with Crippen LogP contribution in [0.4, 0.5) is 49.5 Å². The fraction of sp³-hybridized carbons (Fsp3) is 0.238. The number of hydrogen-bond donors (Lipinski definition) is 2. The van der Waals surface area contributed by atoms with Gasteiger partial charge in [-0.2, -0.15) is 31.3 Å². The van der Waals surface area contributed by atoms with Crippen LogP contribution in [0.5, 0.6) is 0 Å². The Balaban J connectivity index is 1.95. The van der Waals surface area contributed by atoms with E-state index in [0.29, 0.717) is 17.2 Å². The number of hydrogen-bond acceptors (Lipinski definition) is 5. The van der Waals surface area contributed by atoms with Crippen LogP contribution >= 0.6 is 7.14 Å². The highest BCUT2D eigenvalue weighted by Crippen LogP contribution is 2.38. The Hall–Kier alpha value is -3.07. The number of aryl methyl sites for hydroxylation is 1. The Labute approximate surface area is 185 Å². The molecule has 0 saturated heterocycles. The summed E-state index contributed by atoms with van der Waals surface area (Å²) in [7, 11) is -2.49. The van der Waals surface area contributed by atoms with Gasteiger partial charge in [0.25, 0.3) is 0 Å². The van der Waals surface area contributed by atoms with Gasteiger partial charge in [-0.25, -0.2) is 4.98 Å². The van der Waals surface area contributed by atoms with Crippen molar-refractivity contribution in [2.75, 3.05) is 24.0 Å². The number of nitrogens with zero attached hydrogens (tertiary/aromatic N) is 2. The van der Waals surface area contributed by atoms with Crippen molar-refractivity contribution in [3.05, 3.63) is 65.4 Å². The van der Waals surface area contributed by atoms with Crippen LogP contribution in [0.2, 0.25) is 0 Å². The van der Waals surface area contributed by atoms with Crippen molar-refractivity contribution in [1.82, 2.24) is 9.97 Å². The van der Waals surface area contributed by atoms with Gasteiger partial charge in [-0.15, -0.1) is 0 Å². The van der Waals surface area contributed by atoms with Crippen LogP contribution in [0.15, 0.2) is 48.7 Å². The van der Waals surface area contributed by atoms with E-state index in [1.807, 2.05) is 0 Å². The van der Waals surface area contributed by atoms with Crippen LogP contribution in [-0.2, 0) is 16.9 Å². The van der Waals surface area contributed by atoms with Gasteiger partial charge < -0.3 is 15.2 Å². The van der Waals surface area contributed by atoms with Crippen LogP contribution < -0.4 is 15.9 Å². The lowest BCUT2D eigenvalue weighted by molar-refractivity contribution is -0.138. The molecule has 0 saturated carbocycles. The van der Waals surface area contributed by atoms with E-state index in [1.165, 1.54) is 13.0 Å². The number of rotatable bonds is 5. The molecule has 33 heavy (non-hydrogen) atoms. The molecule has 0 atom stereocenters. The summed E-state index contributed by atoms with van der Waals surface area (Å²) in [5.74, 6) is -0.919. The predicted molar refractivity (Wildman–Crippen MR) is 115 cm³/mol. The Morgan fingerprint density at radius 3 is 1.94 bits per heavy atom. The molecule has 0 bridgehead atoms. The molecule has 176 valence electrons. The molecule has 0 unspecified atom stereocenters. The lowest BCUT2D eigenvalue weighted by atomic mass is 10.1. The zero-order valence-corrected chi connectivity index (χ0v) is 18.5. The fourth-order valence-corrected chi connectivity index (χ4v) is 3.79. The van der Waals surface area contributed by atoms with Crippen molar-refractivity contribution in [3.8, 4) is 0 Å². The summed E-state index contributed by atoms with van der Waals surface area (Å²) < 4.78 is 92.0. The zero-order chi connectivity index (χ0) is 24.6. The van der Waals surface area contributed by atoms with Gasteiger partial charge in [0.2, 0.25) is 5.95 Å². The van der Waals surface area contributed by atoms with Gasteiger partial charge in [-0.1, -0.05) is 6.07 Å². The molecule has 2 N–H and O–H groups in total. The highest BCUT2D eigenvalue weighted by molar-refractivity contribution is 7.70. The molecular weight excluding hydrogens is 469 g/mol. The molecule has 12 heteroatoms. The average Bonchev–Trinajstić information content (AvgIpc) is 2.67. The maximum Gasteiger partial charge on any atom is 0.421 e. The Morgan fingerprint density at radius 1 is 0.818 bits per heavy atom. The monoisotopic (exact) mass is 488 g/mol. The first-order valence-electron chi connectivity index (χ1n) is 9.46. The largest absolute Gasteiger partial charge is 0.421 e. The maximum absolute atomic E-state index is 13.5. The second-order valence-electron chi connectivity index (χ2n) is 7.63. The quantitative estimate of drug-likeness (QED) is 0.315. The van der Waals surface area contributed by atoms with Crippen molar-refractivity contribution in [3.63, 3.8) is 0 Å². The summed E-state index contributed by atoms with van der Waals surface area (Å²) in [6.07, 6.45) is -8.97. The van der Waals surface area contributed by atoms with E-state index >= 15 is 0 Å². The SMILES string of the molecule is Cc1ccc(Nc2nc(Nc3ccc(P(C)(C)=O)cc3)ncc2C(F)(F)F)cc1C(F)(F)F. The fourth-order valence-electron chi connectivity index (χ4n) is 2.92. The summed E-state index contributed by atoms with van der Waals surface area (Å²) in [5, 5.41) is 5.67. The van der Waals surface area contributed by atoms with E-state index in [-0.39, 0.29) is 17.2 Å². The number of anilines is 4. The highest BCUT2D eigenvalue weighted by Gasteiger charge is 2.36. The molecule has 0 fully saturated rings. The smallest absolute Gasteiger partial charge is 0.340 e. The van der Waals surface area contributed by atoms with Gasteiger partial charge in [0.05, 0.1) is 5.56 Å². The van der Waals surface area contributed by atoms with Crippen LogP contribution in [0, 0.1) is 6.92 Å². The van der Waals surface area contributed by atoms with E-state index in [1.54, 1.807) is 37.6 Å². The van der Waals surface area contributed by atoms with Gasteiger partial charge in [-0.05, 0) is 62.2 Å². The second-order valence-corrected chi connectivity index (χ2v) is 10.8. The lowest BCUT2D eigenvalue weighted by Gasteiger charge is -2.17. The zero-order valence-electron chi connectivity index (χ0n) is 17.6. The molecule has 0 spiro atoms. The molecule has 0 aliphatic rings. The van der Waals surface area contributed by atoms with E-state index in [9.17, 15) is 30.9 Å².